The van der Waals surface area contributed by atoms with Crippen LogP contribution in [0.15, 0.2) is 46.2 Å². The van der Waals surface area contributed by atoms with Crippen molar-refractivity contribution in [3.8, 4) is 0 Å². The number of sulfone groups is 1. The predicted octanol–water partition coefficient (Wildman–Crippen LogP) is 2.20. The van der Waals surface area contributed by atoms with Crippen molar-refractivity contribution in [2.45, 2.75) is 15.5 Å². The minimum absolute atomic E-state index is 0.0342. The lowest BCUT2D eigenvalue weighted by Gasteiger charge is -2.09. The van der Waals surface area contributed by atoms with Gasteiger partial charge in [-0.2, -0.15) is 0 Å². The van der Waals surface area contributed by atoms with Crippen molar-refractivity contribution in [2.24, 2.45) is 5.14 Å². The third-order valence-corrected chi connectivity index (χ3v) is 6.40. The summed E-state index contributed by atoms with van der Waals surface area (Å²) in [6.07, 6.45) is 0. The van der Waals surface area contributed by atoms with E-state index in [-0.39, 0.29) is 31.3 Å². The SMILES string of the molecule is Nc1cc(Cl)c(S(=O)(=O)Cc2ccc(S(N)(=O)=O)cc2)cc1Cl. The van der Waals surface area contributed by atoms with Crippen LogP contribution in [0, 0.1) is 0 Å². The average Bonchev–Trinajstić information content (AvgIpc) is 2.41. The molecule has 0 amide bonds. The molecule has 4 N–H and O–H groups in total. The predicted molar refractivity (Wildman–Crippen MR) is 89.6 cm³/mol. The van der Waals surface area contributed by atoms with E-state index in [1.54, 1.807) is 0 Å². The van der Waals surface area contributed by atoms with Crippen LogP contribution in [0.1, 0.15) is 5.56 Å². The number of hydrogen-bond donors (Lipinski definition) is 2. The van der Waals surface area contributed by atoms with Gasteiger partial charge in [-0.25, -0.2) is 22.0 Å². The van der Waals surface area contributed by atoms with Crippen LogP contribution >= 0.6 is 23.2 Å². The molecular formula is C13H12Cl2N2O4S2. The van der Waals surface area contributed by atoms with Crippen molar-refractivity contribution in [1.82, 2.24) is 0 Å². The van der Waals surface area contributed by atoms with Gasteiger partial charge in [-0.15, -0.1) is 0 Å². The Kier molecular flexibility index (Phi) is 4.93. The van der Waals surface area contributed by atoms with Gasteiger partial charge in [-0.05, 0) is 29.8 Å². The average molecular weight is 395 g/mol. The summed E-state index contributed by atoms with van der Waals surface area (Å²) < 4.78 is 47.2. The number of rotatable bonds is 4. The second-order valence-electron chi connectivity index (χ2n) is 4.75. The summed E-state index contributed by atoms with van der Waals surface area (Å²) in [6.45, 7) is 0. The number of benzene rings is 2. The molecule has 124 valence electrons. The van der Waals surface area contributed by atoms with Crippen LogP contribution in [-0.4, -0.2) is 16.8 Å². The van der Waals surface area contributed by atoms with Gasteiger partial charge in [0.1, 0.15) is 0 Å². The molecule has 0 heterocycles. The summed E-state index contributed by atoms with van der Waals surface area (Å²) >= 11 is 11.8. The molecule has 0 spiro atoms. The zero-order valence-electron chi connectivity index (χ0n) is 11.5. The number of primary sulfonamides is 1. The smallest absolute Gasteiger partial charge is 0.238 e. The van der Waals surface area contributed by atoms with Gasteiger partial charge in [-0.1, -0.05) is 35.3 Å². The second-order valence-corrected chi connectivity index (χ2v) is 9.09. The van der Waals surface area contributed by atoms with Gasteiger partial charge in [0.15, 0.2) is 9.84 Å². The zero-order valence-corrected chi connectivity index (χ0v) is 14.7. The molecule has 10 heteroatoms. The third-order valence-electron chi connectivity index (χ3n) is 2.99. The lowest BCUT2D eigenvalue weighted by atomic mass is 10.2. The first-order valence-corrected chi connectivity index (χ1v) is 10.1. The van der Waals surface area contributed by atoms with Gasteiger partial charge < -0.3 is 5.73 Å². The first-order valence-electron chi connectivity index (χ1n) is 6.10. The molecule has 0 aromatic heterocycles. The molecule has 0 saturated carbocycles. The summed E-state index contributed by atoms with van der Waals surface area (Å²) in [7, 11) is -7.62. The van der Waals surface area contributed by atoms with Crippen molar-refractivity contribution in [1.29, 1.82) is 0 Å². The van der Waals surface area contributed by atoms with E-state index < -0.39 is 19.9 Å². The van der Waals surface area contributed by atoms with E-state index in [0.717, 1.165) is 0 Å². The summed E-state index contributed by atoms with van der Waals surface area (Å²) in [5.41, 5.74) is 6.11. The lowest BCUT2D eigenvalue weighted by Crippen LogP contribution is -2.12. The Labute approximate surface area is 144 Å². The monoisotopic (exact) mass is 394 g/mol. The van der Waals surface area contributed by atoms with E-state index >= 15 is 0 Å². The van der Waals surface area contributed by atoms with Gasteiger partial charge in [0, 0.05) is 0 Å². The van der Waals surface area contributed by atoms with E-state index in [0.29, 0.717) is 5.56 Å². The highest BCUT2D eigenvalue weighted by Crippen LogP contribution is 2.32. The molecule has 0 aliphatic rings. The summed E-state index contributed by atoms with van der Waals surface area (Å²) in [5.74, 6) is -0.377. The highest BCUT2D eigenvalue weighted by molar-refractivity contribution is 7.90. The van der Waals surface area contributed by atoms with Gasteiger partial charge >= 0.3 is 0 Å². The molecule has 0 saturated heterocycles. The minimum Gasteiger partial charge on any atom is -0.397 e. The molecule has 0 aliphatic heterocycles. The Bertz CT molecular complexity index is 956. The first-order chi connectivity index (χ1) is 10.5. The summed E-state index contributed by atoms with van der Waals surface area (Å²) in [6, 6.07) is 7.65. The van der Waals surface area contributed by atoms with E-state index in [1.165, 1.54) is 36.4 Å². The van der Waals surface area contributed by atoms with Crippen LogP contribution < -0.4 is 10.9 Å². The van der Waals surface area contributed by atoms with Gasteiger partial charge in [0.25, 0.3) is 0 Å². The fourth-order valence-electron chi connectivity index (χ4n) is 1.85. The maximum Gasteiger partial charge on any atom is 0.238 e. The van der Waals surface area contributed by atoms with Crippen LogP contribution in [0.25, 0.3) is 0 Å². The van der Waals surface area contributed by atoms with Crippen LogP contribution in [-0.2, 0) is 25.6 Å². The number of hydrogen-bond acceptors (Lipinski definition) is 5. The quantitative estimate of drug-likeness (QED) is 0.769. The normalized spacial score (nSPS) is 12.3. The summed E-state index contributed by atoms with van der Waals surface area (Å²) in [5, 5.41) is 5.03. The molecular weight excluding hydrogens is 383 g/mol. The number of nitrogens with two attached hydrogens (primary N) is 2. The number of halogens is 2. The van der Waals surface area contributed by atoms with Crippen molar-refractivity contribution in [2.75, 3.05) is 5.73 Å². The van der Waals surface area contributed by atoms with Gasteiger partial charge in [-0.3, -0.25) is 0 Å². The Morgan fingerprint density at radius 1 is 0.913 bits per heavy atom. The van der Waals surface area contributed by atoms with Crippen molar-refractivity contribution >= 4 is 48.7 Å². The Hall–Kier alpha value is -1.32. The highest BCUT2D eigenvalue weighted by Gasteiger charge is 2.21. The van der Waals surface area contributed by atoms with Crippen LogP contribution in [0.5, 0.6) is 0 Å². The Morgan fingerprint density at radius 2 is 1.48 bits per heavy atom. The molecule has 0 unspecified atom stereocenters. The molecule has 2 aromatic carbocycles. The van der Waals surface area contributed by atoms with E-state index in [4.69, 9.17) is 34.1 Å². The zero-order chi connectivity index (χ0) is 17.4. The topological polar surface area (TPSA) is 120 Å². The molecule has 23 heavy (non-hydrogen) atoms. The molecule has 0 aliphatic carbocycles. The van der Waals surface area contributed by atoms with Crippen molar-refractivity contribution in [3.63, 3.8) is 0 Å². The molecule has 0 fully saturated rings. The maximum absolute atomic E-state index is 12.4. The largest absolute Gasteiger partial charge is 0.397 e. The van der Waals surface area contributed by atoms with Crippen LogP contribution in [0.3, 0.4) is 0 Å². The van der Waals surface area contributed by atoms with Crippen molar-refractivity contribution < 1.29 is 16.8 Å². The Morgan fingerprint density at radius 3 is 2.00 bits per heavy atom. The first kappa shape index (κ1) is 18.0. The van der Waals surface area contributed by atoms with Crippen LogP contribution in [0.4, 0.5) is 5.69 Å². The lowest BCUT2D eigenvalue weighted by molar-refractivity contribution is 0.595. The number of nitrogen functional groups attached to an aromatic ring is 1. The molecule has 6 nitrogen and oxygen atoms in total. The highest BCUT2D eigenvalue weighted by atomic mass is 35.5. The standard InChI is InChI=1S/C13H12Cl2N2O4S2/c14-10-6-13(11(15)5-12(10)16)22(18,19)7-8-1-3-9(4-2-8)23(17,20)21/h1-6H,7,16H2,(H2,17,20,21). The van der Waals surface area contributed by atoms with Crippen LogP contribution in [0.2, 0.25) is 10.0 Å². The van der Waals surface area contributed by atoms with Gasteiger partial charge in [0.05, 0.1) is 31.3 Å². The molecule has 0 atom stereocenters. The maximum atomic E-state index is 12.4. The third kappa shape index (κ3) is 4.15. The fourth-order valence-corrected chi connectivity index (χ4v) is 4.56. The van der Waals surface area contributed by atoms with Crippen molar-refractivity contribution in [3.05, 3.63) is 52.0 Å². The van der Waals surface area contributed by atoms with E-state index in [9.17, 15) is 16.8 Å². The molecule has 0 radical (unpaired) electrons. The molecule has 2 aromatic rings. The Balaban J connectivity index is 2.37. The van der Waals surface area contributed by atoms with E-state index in [1.807, 2.05) is 0 Å². The van der Waals surface area contributed by atoms with Gasteiger partial charge in [0.2, 0.25) is 10.0 Å². The minimum atomic E-state index is -3.83. The second kappa shape index (κ2) is 6.29. The number of anilines is 1. The summed E-state index contributed by atoms with van der Waals surface area (Å²) in [4.78, 5) is -0.249. The molecule has 2 rings (SSSR count). The fraction of sp³-hybridized carbons (Fsp3) is 0.0769. The molecule has 0 bridgehead atoms. The van der Waals surface area contributed by atoms with E-state index in [2.05, 4.69) is 0 Å². The number of sulfonamides is 1.